The number of halogens is 1. The van der Waals surface area contributed by atoms with Gasteiger partial charge in [-0.25, -0.2) is 0 Å². The van der Waals surface area contributed by atoms with Gasteiger partial charge in [0.1, 0.15) is 0 Å². The van der Waals surface area contributed by atoms with Crippen LogP contribution in [0, 0.1) is 23.2 Å². The Labute approximate surface area is 155 Å². The minimum Gasteiger partial charge on any atom is -0.339 e. The van der Waals surface area contributed by atoms with Crippen LogP contribution in [-0.2, 0) is 4.79 Å². The number of amides is 1. The molecule has 24 heavy (non-hydrogen) atoms. The first kappa shape index (κ1) is 16.1. The topological polar surface area (TPSA) is 20.3 Å². The monoisotopic (exact) mass is 393 g/mol. The molecule has 6 rings (SSSR count). The number of hydrogen-bond donors (Lipinski definition) is 0. The van der Waals surface area contributed by atoms with Crippen LogP contribution in [0.4, 0.5) is 0 Å². The third-order valence-corrected chi connectivity index (χ3v) is 9.13. The van der Waals surface area contributed by atoms with Gasteiger partial charge in [0.25, 0.3) is 0 Å². The summed E-state index contributed by atoms with van der Waals surface area (Å²) in [7, 11) is 0. The van der Waals surface area contributed by atoms with E-state index < -0.39 is 0 Å². The Morgan fingerprint density at radius 2 is 1.71 bits per heavy atom. The van der Waals surface area contributed by atoms with E-state index in [2.05, 4.69) is 20.8 Å². The fourth-order valence-electron chi connectivity index (χ4n) is 7.90. The van der Waals surface area contributed by atoms with Crippen molar-refractivity contribution in [3.63, 3.8) is 0 Å². The van der Waals surface area contributed by atoms with Crippen molar-refractivity contribution in [2.75, 3.05) is 6.54 Å². The summed E-state index contributed by atoms with van der Waals surface area (Å²) in [6.07, 6.45) is 17.0. The second kappa shape index (κ2) is 5.72. The lowest BCUT2D eigenvalue weighted by atomic mass is 9.48. The van der Waals surface area contributed by atoms with Crippen molar-refractivity contribution < 1.29 is 4.79 Å². The Kier molecular flexibility index (Phi) is 3.85. The van der Waals surface area contributed by atoms with Crippen LogP contribution in [0.25, 0.3) is 0 Å². The molecule has 5 saturated carbocycles. The standard InChI is InChI=1S/C21H32BrNO/c22-21-11-15-8-16(12-21)10-20(9-15,14-21)13-19(24)23-7-3-5-17-4-1-2-6-18(17)23/h15-18H,1-14H2. The van der Waals surface area contributed by atoms with Gasteiger partial charge in [0.15, 0.2) is 0 Å². The molecule has 0 aromatic carbocycles. The summed E-state index contributed by atoms with van der Waals surface area (Å²) in [5.41, 5.74) is 0.340. The normalized spacial score (nSPS) is 50.0. The third-order valence-electron chi connectivity index (χ3n) is 8.20. The van der Waals surface area contributed by atoms with Crippen molar-refractivity contribution in [3.8, 4) is 0 Å². The lowest BCUT2D eigenvalue weighted by Gasteiger charge is -2.60. The number of alkyl halides is 1. The summed E-state index contributed by atoms with van der Waals surface area (Å²) >= 11 is 4.11. The molecule has 0 radical (unpaired) electrons. The molecule has 1 saturated heterocycles. The molecule has 0 spiro atoms. The highest BCUT2D eigenvalue weighted by atomic mass is 79.9. The van der Waals surface area contributed by atoms with E-state index >= 15 is 0 Å². The lowest BCUT2D eigenvalue weighted by Crippen LogP contribution is -2.56. The Morgan fingerprint density at radius 1 is 1.00 bits per heavy atom. The van der Waals surface area contributed by atoms with E-state index in [4.69, 9.17) is 0 Å². The van der Waals surface area contributed by atoms with Crippen molar-refractivity contribution in [3.05, 3.63) is 0 Å². The Bertz CT molecular complexity index is 516. The molecular weight excluding hydrogens is 362 g/mol. The number of nitrogens with zero attached hydrogens (tertiary/aromatic N) is 1. The highest BCUT2D eigenvalue weighted by Gasteiger charge is 2.57. The van der Waals surface area contributed by atoms with Gasteiger partial charge in [-0.15, -0.1) is 0 Å². The van der Waals surface area contributed by atoms with Gasteiger partial charge in [-0.1, -0.05) is 28.8 Å². The summed E-state index contributed by atoms with van der Waals surface area (Å²) in [5.74, 6) is 3.12. The van der Waals surface area contributed by atoms with Crippen LogP contribution >= 0.6 is 15.9 Å². The fourth-order valence-corrected chi connectivity index (χ4v) is 9.41. The van der Waals surface area contributed by atoms with Crippen LogP contribution in [0.5, 0.6) is 0 Å². The summed E-state index contributed by atoms with van der Waals surface area (Å²) < 4.78 is 0.382. The number of hydrogen-bond acceptors (Lipinski definition) is 1. The zero-order chi connectivity index (χ0) is 16.4. The van der Waals surface area contributed by atoms with Crippen molar-refractivity contribution in [2.24, 2.45) is 23.2 Å². The molecule has 1 aliphatic heterocycles. The quantitative estimate of drug-likeness (QED) is 0.583. The summed E-state index contributed by atoms with van der Waals surface area (Å²) in [5, 5.41) is 0. The zero-order valence-electron chi connectivity index (χ0n) is 14.9. The number of carbonyl (C=O) groups excluding carboxylic acids is 1. The molecule has 0 aromatic heterocycles. The maximum atomic E-state index is 13.4. The van der Waals surface area contributed by atoms with Crippen LogP contribution in [0.3, 0.4) is 0 Å². The van der Waals surface area contributed by atoms with E-state index in [0.29, 0.717) is 21.7 Å². The SMILES string of the molecule is O=C(CC12CC3CC(CC(Br)(C3)C1)C2)N1CCCC2CCCCC21. The Balaban J connectivity index is 1.33. The van der Waals surface area contributed by atoms with Crippen LogP contribution < -0.4 is 0 Å². The predicted octanol–water partition coefficient (Wildman–Crippen LogP) is 5.29. The van der Waals surface area contributed by atoms with Gasteiger partial charge in [0.05, 0.1) is 0 Å². The van der Waals surface area contributed by atoms with Crippen LogP contribution in [0.15, 0.2) is 0 Å². The summed E-state index contributed by atoms with van der Waals surface area (Å²) in [6.45, 7) is 1.04. The van der Waals surface area contributed by atoms with Crippen molar-refractivity contribution in [2.45, 2.75) is 93.8 Å². The molecule has 3 heteroatoms. The maximum Gasteiger partial charge on any atom is 0.223 e. The van der Waals surface area contributed by atoms with Gasteiger partial charge in [0, 0.05) is 23.3 Å². The Hall–Kier alpha value is -0.0500. The molecule has 4 atom stereocenters. The smallest absolute Gasteiger partial charge is 0.223 e. The van der Waals surface area contributed by atoms with Crippen molar-refractivity contribution in [1.29, 1.82) is 0 Å². The summed E-state index contributed by atoms with van der Waals surface area (Å²) in [4.78, 5) is 15.7. The molecule has 1 amide bonds. The molecule has 4 unspecified atom stereocenters. The van der Waals surface area contributed by atoms with Gasteiger partial charge in [-0.3, -0.25) is 4.79 Å². The molecular formula is C21H32BrNO. The van der Waals surface area contributed by atoms with E-state index in [9.17, 15) is 4.79 Å². The molecule has 0 N–H and O–H groups in total. The molecule has 1 heterocycles. The van der Waals surface area contributed by atoms with Crippen LogP contribution in [-0.4, -0.2) is 27.7 Å². The lowest BCUT2D eigenvalue weighted by molar-refractivity contribution is -0.144. The number of rotatable bonds is 2. The number of carbonyl (C=O) groups is 1. The molecule has 6 aliphatic rings. The van der Waals surface area contributed by atoms with Gasteiger partial charge < -0.3 is 4.90 Å². The molecule has 0 aromatic rings. The largest absolute Gasteiger partial charge is 0.339 e. The summed E-state index contributed by atoms with van der Waals surface area (Å²) in [6, 6.07) is 0.590. The van der Waals surface area contributed by atoms with Crippen LogP contribution in [0.2, 0.25) is 0 Å². The fraction of sp³-hybridized carbons (Fsp3) is 0.952. The molecule has 2 nitrogen and oxygen atoms in total. The second-order valence-corrected chi connectivity index (χ2v) is 11.8. The minimum atomic E-state index is 0.340. The van der Waals surface area contributed by atoms with E-state index in [0.717, 1.165) is 30.7 Å². The second-order valence-electron chi connectivity index (χ2n) is 10.1. The van der Waals surface area contributed by atoms with E-state index in [1.54, 1.807) is 0 Å². The third kappa shape index (κ3) is 2.68. The Morgan fingerprint density at radius 3 is 2.46 bits per heavy atom. The van der Waals surface area contributed by atoms with Crippen LogP contribution in [0.1, 0.15) is 83.5 Å². The highest BCUT2D eigenvalue weighted by Crippen LogP contribution is 2.65. The average molecular weight is 394 g/mol. The first-order chi connectivity index (χ1) is 11.5. The molecule has 5 aliphatic carbocycles. The molecule has 4 bridgehead atoms. The number of piperidine rings is 1. The molecule has 6 fully saturated rings. The maximum absolute atomic E-state index is 13.4. The van der Waals surface area contributed by atoms with Gasteiger partial charge >= 0.3 is 0 Å². The van der Waals surface area contributed by atoms with E-state index in [1.165, 1.54) is 77.0 Å². The van der Waals surface area contributed by atoms with Gasteiger partial charge in [-0.05, 0) is 87.4 Å². The van der Waals surface area contributed by atoms with E-state index in [1.807, 2.05) is 0 Å². The van der Waals surface area contributed by atoms with Crippen molar-refractivity contribution >= 4 is 21.8 Å². The van der Waals surface area contributed by atoms with Gasteiger partial charge in [-0.2, -0.15) is 0 Å². The minimum absolute atomic E-state index is 0.340. The first-order valence-corrected chi connectivity index (χ1v) is 11.3. The predicted molar refractivity (Wildman–Crippen MR) is 100 cm³/mol. The van der Waals surface area contributed by atoms with Gasteiger partial charge in [0.2, 0.25) is 5.91 Å². The van der Waals surface area contributed by atoms with E-state index in [-0.39, 0.29) is 0 Å². The first-order valence-electron chi connectivity index (χ1n) is 10.5. The zero-order valence-corrected chi connectivity index (χ0v) is 16.5. The van der Waals surface area contributed by atoms with Crippen molar-refractivity contribution in [1.82, 2.24) is 4.90 Å². The highest BCUT2D eigenvalue weighted by molar-refractivity contribution is 9.10. The molecule has 134 valence electrons. The number of likely N-dealkylation sites (tertiary alicyclic amines) is 1. The average Bonchev–Trinajstić information content (AvgIpc) is 2.51. The number of fused-ring (bicyclic) bond motifs is 1.